The third-order valence-electron chi connectivity index (χ3n) is 2.74. The maximum atomic E-state index is 4.61. The maximum absolute atomic E-state index is 4.61. The van der Waals surface area contributed by atoms with Crippen LogP contribution in [0.4, 0.5) is 0 Å². The fraction of sp³-hybridized carbons (Fsp3) is 1.00. The fourth-order valence-electron chi connectivity index (χ4n) is 1.89. The lowest BCUT2D eigenvalue weighted by molar-refractivity contribution is 0.309. The first-order valence-corrected chi connectivity index (χ1v) is 7.55. The van der Waals surface area contributed by atoms with Gasteiger partial charge < -0.3 is 8.85 Å². The van der Waals surface area contributed by atoms with E-state index in [-0.39, 0.29) is 0 Å². The van der Waals surface area contributed by atoms with Gasteiger partial charge in [0.15, 0.2) is 0 Å². The predicted octanol–water partition coefficient (Wildman–Crippen LogP) is 3.18. The minimum Gasteiger partial charge on any atom is -0.402 e. The van der Waals surface area contributed by atoms with E-state index in [0.29, 0.717) is 0 Å². The summed E-state index contributed by atoms with van der Waals surface area (Å²) in [5.74, 6) is 0. The van der Waals surface area contributed by atoms with Gasteiger partial charge in [0.2, 0.25) is 0 Å². The van der Waals surface area contributed by atoms with Gasteiger partial charge in [-0.25, -0.2) is 0 Å². The van der Waals surface area contributed by atoms with Crippen LogP contribution >= 0.6 is 0 Å². The van der Waals surface area contributed by atoms with E-state index in [1.807, 2.05) is 0 Å². The van der Waals surface area contributed by atoms with Crippen LogP contribution in [0.2, 0.25) is 0 Å². The van der Waals surface area contributed by atoms with Gasteiger partial charge in [-0.3, -0.25) is 0 Å². The molecule has 0 saturated heterocycles. The molecular formula is C12H28O2Si. The molecule has 2 aliphatic rings. The Morgan fingerprint density at radius 1 is 0.533 bits per heavy atom. The highest BCUT2D eigenvalue weighted by Gasteiger charge is 1.95. The molecule has 0 atom stereocenters. The second kappa shape index (κ2) is 14.1. The molecule has 0 aromatic heterocycles. The van der Waals surface area contributed by atoms with Crippen molar-refractivity contribution in [3.63, 3.8) is 0 Å². The number of hydrogen-bond donors (Lipinski definition) is 0. The van der Waals surface area contributed by atoms with Gasteiger partial charge in [0.25, 0.3) is 0 Å². The first-order chi connectivity index (χ1) is 7.41. The Kier molecular flexibility index (Phi) is 14.3. The van der Waals surface area contributed by atoms with Crippen LogP contribution < -0.4 is 0 Å². The van der Waals surface area contributed by atoms with Crippen LogP contribution in [0.15, 0.2) is 0 Å². The first-order valence-electron chi connectivity index (χ1n) is 6.39. The average molecular weight is 232 g/mol. The highest BCUT2D eigenvalue weighted by molar-refractivity contribution is 6.17. The molecule has 2 aliphatic carbocycles. The van der Waals surface area contributed by atoms with Gasteiger partial charge in [0.05, 0.1) is 0 Å². The van der Waals surface area contributed by atoms with Crippen molar-refractivity contribution in [2.75, 3.05) is 14.2 Å². The van der Waals surface area contributed by atoms with Gasteiger partial charge in [-0.15, -0.1) is 0 Å². The van der Waals surface area contributed by atoms with E-state index < -0.39 is 10.0 Å². The van der Waals surface area contributed by atoms with Crippen LogP contribution in [-0.2, 0) is 8.85 Å². The zero-order valence-electron chi connectivity index (χ0n) is 10.6. The van der Waals surface area contributed by atoms with Crippen molar-refractivity contribution in [2.45, 2.75) is 64.2 Å². The Balaban J connectivity index is 0.000000196. The minimum atomic E-state index is -0.568. The van der Waals surface area contributed by atoms with Crippen LogP contribution in [0.1, 0.15) is 64.2 Å². The second-order valence-corrected chi connectivity index (χ2v) is 5.62. The second-order valence-electron chi connectivity index (χ2n) is 4.23. The monoisotopic (exact) mass is 232 g/mol. The SMILES string of the molecule is C1CCCC1.C1CCCC1.CO[SiH2]OC. The summed E-state index contributed by atoms with van der Waals surface area (Å²) in [6.45, 7) is 0. The lowest BCUT2D eigenvalue weighted by atomic mass is 10.4. The molecule has 0 unspecified atom stereocenters. The summed E-state index contributed by atoms with van der Waals surface area (Å²) in [6, 6.07) is 0. The van der Waals surface area contributed by atoms with Gasteiger partial charge in [-0.05, 0) is 0 Å². The Morgan fingerprint density at radius 3 is 0.800 bits per heavy atom. The Bertz CT molecular complexity index is 74.6. The molecule has 92 valence electrons. The van der Waals surface area contributed by atoms with Crippen molar-refractivity contribution in [1.29, 1.82) is 0 Å². The van der Waals surface area contributed by atoms with Gasteiger partial charge >= 0.3 is 10.0 Å². The van der Waals surface area contributed by atoms with Crippen molar-refractivity contribution < 1.29 is 8.85 Å². The predicted molar refractivity (Wildman–Crippen MR) is 68.7 cm³/mol. The normalized spacial score (nSPS) is 18.8. The Labute approximate surface area is 97.8 Å². The average Bonchev–Trinajstić information content (AvgIpc) is 2.99. The molecule has 2 nitrogen and oxygen atoms in total. The molecule has 2 saturated carbocycles. The highest BCUT2D eigenvalue weighted by atomic mass is 28.3. The summed E-state index contributed by atoms with van der Waals surface area (Å²) in [5, 5.41) is 0. The molecule has 0 N–H and O–H groups in total. The standard InChI is InChI=1S/2C5H10.C2H8O2Si/c2*1-2-4-5-3-1;1-3-5-4-2/h2*1-5H2;5H2,1-2H3. The lowest BCUT2D eigenvalue weighted by Crippen LogP contribution is -1.93. The van der Waals surface area contributed by atoms with E-state index in [2.05, 4.69) is 8.85 Å². The van der Waals surface area contributed by atoms with Gasteiger partial charge in [-0.2, -0.15) is 0 Å². The highest BCUT2D eigenvalue weighted by Crippen LogP contribution is 2.15. The van der Waals surface area contributed by atoms with E-state index in [9.17, 15) is 0 Å². The van der Waals surface area contributed by atoms with Crippen LogP contribution in [-0.4, -0.2) is 24.2 Å². The first kappa shape index (κ1) is 15.1. The summed E-state index contributed by atoms with van der Waals surface area (Å²) in [7, 11) is 2.73. The van der Waals surface area contributed by atoms with Crippen molar-refractivity contribution in [2.24, 2.45) is 0 Å². The number of rotatable bonds is 2. The Hall–Kier alpha value is 0.137. The fourth-order valence-corrected chi connectivity index (χ4v) is 2.12. The molecule has 2 rings (SSSR count). The molecule has 0 aromatic rings. The molecule has 0 spiro atoms. The van der Waals surface area contributed by atoms with E-state index in [0.717, 1.165) is 0 Å². The largest absolute Gasteiger partial charge is 0.402 e. The molecule has 0 radical (unpaired) electrons. The number of hydrogen-bond acceptors (Lipinski definition) is 2. The topological polar surface area (TPSA) is 18.5 Å². The summed E-state index contributed by atoms with van der Waals surface area (Å²) in [4.78, 5) is 0. The van der Waals surface area contributed by atoms with Crippen LogP contribution in [0.5, 0.6) is 0 Å². The van der Waals surface area contributed by atoms with E-state index in [1.54, 1.807) is 14.2 Å². The molecule has 2 fully saturated rings. The third-order valence-corrected chi connectivity index (χ3v) is 3.21. The Morgan fingerprint density at radius 2 is 0.733 bits per heavy atom. The molecule has 0 amide bonds. The van der Waals surface area contributed by atoms with Crippen LogP contribution in [0.25, 0.3) is 0 Å². The molecule has 3 heteroatoms. The lowest BCUT2D eigenvalue weighted by Gasteiger charge is -1.86. The van der Waals surface area contributed by atoms with Crippen molar-refractivity contribution >= 4 is 10.0 Å². The summed E-state index contributed by atoms with van der Waals surface area (Å²) >= 11 is 0. The van der Waals surface area contributed by atoms with Crippen molar-refractivity contribution in [3.8, 4) is 0 Å². The van der Waals surface area contributed by atoms with Crippen LogP contribution in [0.3, 0.4) is 0 Å². The third kappa shape index (κ3) is 14.1. The molecule has 0 bridgehead atoms. The zero-order chi connectivity index (χ0) is 11.2. The van der Waals surface area contributed by atoms with Gasteiger partial charge in [0.1, 0.15) is 0 Å². The molecule has 0 aliphatic heterocycles. The minimum absolute atomic E-state index is 0.568. The van der Waals surface area contributed by atoms with E-state index in [1.165, 1.54) is 64.2 Å². The smallest absolute Gasteiger partial charge is 0.303 e. The quantitative estimate of drug-likeness (QED) is 0.681. The zero-order valence-corrected chi connectivity index (χ0v) is 12.0. The van der Waals surface area contributed by atoms with Gasteiger partial charge in [-0.1, -0.05) is 64.2 Å². The van der Waals surface area contributed by atoms with E-state index in [4.69, 9.17) is 0 Å². The molecule has 0 heterocycles. The van der Waals surface area contributed by atoms with E-state index >= 15 is 0 Å². The summed E-state index contributed by atoms with van der Waals surface area (Å²) in [6.07, 6.45) is 15.0. The summed E-state index contributed by atoms with van der Waals surface area (Å²) in [5.41, 5.74) is 0. The van der Waals surface area contributed by atoms with Crippen LogP contribution in [0, 0.1) is 0 Å². The van der Waals surface area contributed by atoms with Crippen molar-refractivity contribution in [3.05, 3.63) is 0 Å². The van der Waals surface area contributed by atoms with Crippen molar-refractivity contribution in [1.82, 2.24) is 0 Å². The molecule has 0 aromatic carbocycles. The molecule has 15 heavy (non-hydrogen) atoms. The summed E-state index contributed by atoms with van der Waals surface area (Å²) < 4.78 is 9.22. The van der Waals surface area contributed by atoms with Gasteiger partial charge in [0, 0.05) is 14.2 Å². The molecular weight excluding hydrogens is 204 g/mol. The maximum Gasteiger partial charge on any atom is 0.303 e.